The number of benzene rings is 2. The lowest BCUT2D eigenvalue weighted by molar-refractivity contribution is 0.237. The predicted octanol–water partition coefficient (Wildman–Crippen LogP) is 6.16. The number of nitrogens with zero attached hydrogens (tertiary/aromatic N) is 2. The molecule has 1 aliphatic heterocycles. The van der Waals surface area contributed by atoms with Gasteiger partial charge in [-0.3, -0.25) is 0 Å². The quantitative estimate of drug-likeness (QED) is 0.684. The fourth-order valence-electron chi connectivity index (χ4n) is 4.75. The van der Waals surface area contributed by atoms with Crippen LogP contribution >= 0.6 is 0 Å². The van der Waals surface area contributed by atoms with Gasteiger partial charge in [0.1, 0.15) is 17.0 Å². The number of hydrogen-bond donors (Lipinski definition) is 2. The lowest BCUT2D eigenvalue weighted by Crippen LogP contribution is -2.35. The van der Waals surface area contributed by atoms with Crippen LogP contribution in [-0.4, -0.2) is 10.2 Å². The van der Waals surface area contributed by atoms with Crippen molar-refractivity contribution < 1.29 is 10.2 Å². The number of phenolic OH excluding ortho intramolecular Hbond substituents is 2. The molecule has 2 N–H and O–H groups in total. The lowest BCUT2D eigenvalue weighted by Gasteiger charge is -2.39. The van der Waals surface area contributed by atoms with E-state index >= 15 is 0 Å². The Labute approximate surface area is 160 Å². The van der Waals surface area contributed by atoms with Gasteiger partial charge in [-0.25, -0.2) is 0 Å². The van der Waals surface area contributed by atoms with Crippen LogP contribution in [0.5, 0.6) is 11.5 Å². The van der Waals surface area contributed by atoms with E-state index in [1.807, 2.05) is 24.3 Å². The van der Waals surface area contributed by atoms with Crippen LogP contribution in [0.25, 0.3) is 5.70 Å². The number of rotatable bonds is 4. The molecule has 1 aliphatic carbocycles. The first-order valence-electron chi connectivity index (χ1n) is 9.90. The van der Waals surface area contributed by atoms with Crippen LogP contribution < -0.4 is 0 Å². The topological polar surface area (TPSA) is 65.2 Å². The zero-order valence-electron chi connectivity index (χ0n) is 15.7. The Morgan fingerprint density at radius 1 is 0.889 bits per heavy atom. The average molecular weight is 362 g/mol. The van der Waals surface area contributed by atoms with Crippen molar-refractivity contribution in [1.82, 2.24) is 0 Å². The molecule has 4 nitrogen and oxygen atoms in total. The standard InChI is InChI=1S/C23H26N2O2/c1-2-21-22(16-8-12-19(26)13-9-16)24-25-23(21,17-6-4-3-5-7-17)18-10-14-20(27)15-11-18/h8-15,17,26-27H,2-7H2,1H3. The summed E-state index contributed by atoms with van der Waals surface area (Å²) in [5.74, 6) is 0.946. The van der Waals surface area contributed by atoms with Gasteiger partial charge in [0, 0.05) is 5.56 Å². The van der Waals surface area contributed by atoms with E-state index in [0.717, 1.165) is 36.1 Å². The molecule has 0 aromatic heterocycles. The molecular weight excluding hydrogens is 336 g/mol. The molecule has 27 heavy (non-hydrogen) atoms. The molecule has 1 saturated carbocycles. The molecule has 1 atom stereocenters. The van der Waals surface area contributed by atoms with Crippen LogP contribution in [0.4, 0.5) is 0 Å². The maximum absolute atomic E-state index is 9.78. The van der Waals surface area contributed by atoms with E-state index in [4.69, 9.17) is 5.11 Å². The largest absolute Gasteiger partial charge is 0.508 e. The molecule has 0 radical (unpaired) electrons. The van der Waals surface area contributed by atoms with Crippen LogP contribution in [0, 0.1) is 5.92 Å². The van der Waals surface area contributed by atoms with Crippen molar-refractivity contribution in [3.8, 4) is 11.5 Å². The molecule has 0 bridgehead atoms. The van der Waals surface area contributed by atoms with Crippen molar-refractivity contribution in [2.75, 3.05) is 0 Å². The zero-order chi connectivity index (χ0) is 18.9. The summed E-state index contributed by atoms with van der Waals surface area (Å²) in [6.07, 6.45) is 6.89. The van der Waals surface area contributed by atoms with E-state index in [1.54, 1.807) is 24.3 Å². The van der Waals surface area contributed by atoms with Crippen LogP contribution in [0.15, 0.2) is 64.3 Å². The molecule has 1 unspecified atom stereocenters. The Morgan fingerprint density at radius 2 is 1.48 bits per heavy atom. The Bertz CT molecular complexity index is 862. The van der Waals surface area contributed by atoms with Gasteiger partial charge in [-0.15, -0.1) is 0 Å². The molecule has 4 rings (SSSR count). The molecule has 2 aliphatic rings. The van der Waals surface area contributed by atoms with Crippen LogP contribution in [0.1, 0.15) is 56.6 Å². The van der Waals surface area contributed by atoms with Gasteiger partial charge in [-0.1, -0.05) is 38.3 Å². The van der Waals surface area contributed by atoms with E-state index in [1.165, 1.54) is 24.8 Å². The smallest absolute Gasteiger partial charge is 0.133 e. The number of hydrogen-bond acceptors (Lipinski definition) is 4. The maximum atomic E-state index is 9.78. The van der Waals surface area contributed by atoms with E-state index < -0.39 is 5.54 Å². The van der Waals surface area contributed by atoms with Gasteiger partial charge in [0.2, 0.25) is 0 Å². The minimum absolute atomic E-state index is 0.254. The SMILES string of the molecule is CCC1=C(c2ccc(O)cc2)N=NC1(c1ccc(O)cc1)C1CCCCC1. The summed E-state index contributed by atoms with van der Waals surface area (Å²) in [7, 11) is 0. The van der Waals surface area contributed by atoms with Crippen molar-refractivity contribution in [1.29, 1.82) is 0 Å². The first-order valence-corrected chi connectivity index (χ1v) is 9.90. The van der Waals surface area contributed by atoms with Crippen LogP contribution in [-0.2, 0) is 5.54 Å². The lowest BCUT2D eigenvalue weighted by atomic mass is 9.67. The van der Waals surface area contributed by atoms with E-state index in [9.17, 15) is 10.2 Å². The maximum Gasteiger partial charge on any atom is 0.133 e. The monoisotopic (exact) mass is 362 g/mol. The van der Waals surface area contributed by atoms with Crippen LogP contribution in [0.2, 0.25) is 0 Å². The van der Waals surface area contributed by atoms with Gasteiger partial charge in [0.25, 0.3) is 0 Å². The average Bonchev–Trinajstić information content (AvgIpc) is 3.10. The molecule has 1 fully saturated rings. The number of aromatic hydroxyl groups is 2. The summed E-state index contributed by atoms with van der Waals surface area (Å²) >= 11 is 0. The second-order valence-corrected chi connectivity index (χ2v) is 7.58. The highest BCUT2D eigenvalue weighted by Crippen LogP contribution is 2.54. The van der Waals surface area contributed by atoms with Crippen molar-refractivity contribution in [2.24, 2.45) is 16.1 Å². The van der Waals surface area contributed by atoms with Gasteiger partial charge in [-0.2, -0.15) is 10.2 Å². The Kier molecular flexibility index (Phi) is 4.73. The molecule has 1 heterocycles. The van der Waals surface area contributed by atoms with Crippen molar-refractivity contribution in [2.45, 2.75) is 51.0 Å². The summed E-state index contributed by atoms with van der Waals surface area (Å²) < 4.78 is 0. The second kappa shape index (κ2) is 7.18. The Balaban J connectivity index is 1.88. The van der Waals surface area contributed by atoms with E-state index in [0.29, 0.717) is 5.92 Å². The Hall–Kier alpha value is -2.62. The fraction of sp³-hybridized carbons (Fsp3) is 0.391. The van der Waals surface area contributed by atoms with Crippen molar-refractivity contribution in [3.05, 3.63) is 65.2 Å². The molecule has 0 saturated heterocycles. The third kappa shape index (κ3) is 3.03. The number of azo groups is 1. The minimum atomic E-state index is -0.448. The zero-order valence-corrected chi connectivity index (χ0v) is 15.7. The highest BCUT2D eigenvalue weighted by Gasteiger charge is 2.48. The highest BCUT2D eigenvalue weighted by atomic mass is 16.3. The number of phenols is 2. The second-order valence-electron chi connectivity index (χ2n) is 7.58. The summed E-state index contributed by atoms with van der Waals surface area (Å²) in [4.78, 5) is 0. The molecule has 0 spiro atoms. The Morgan fingerprint density at radius 3 is 2.07 bits per heavy atom. The summed E-state index contributed by atoms with van der Waals surface area (Å²) in [6.45, 7) is 2.17. The molecule has 4 heteroatoms. The molecule has 2 aromatic carbocycles. The minimum Gasteiger partial charge on any atom is -0.508 e. The molecular formula is C23H26N2O2. The van der Waals surface area contributed by atoms with Gasteiger partial charge >= 0.3 is 0 Å². The molecule has 0 amide bonds. The van der Waals surface area contributed by atoms with E-state index in [2.05, 4.69) is 12.0 Å². The van der Waals surface area contributed by atoms with Gasteiger partial charge in [0.15, 0.2) is 0 Å². The first kappa shape index (κ1) is 17.8. The molecule has 140 valence electrons. The third-order valence-corrected chi connectivity index (χ3v) is 6.05. The predicted molar refractivity (Wildman–Crippen MR) is 107 cm³/mol. The highest BCUT2D eigenvalue weighted by molar-refractivity contribution is 5.72. The van der Waals surface area contributed by atoms with Gasteiger partial charge in [-0.05, 0) is 72.7 Å². The van der Waals surface area contributed by atoms with E-state index in [-0.39, 0.29) is 11.5 Å². The normalized spacial score (nSPS) is 23.1. The fourth-order valence-corrected chi connectivity index (χ4v) is 4.75. The first-order chi connectivity index (χ1) is 13.1. The molecule has 2 aromatic rings. The van der Waals surface area contributed by atoms with Gasteiger partial charge < -0.3 is 10.2 Å². The summed E-state index contributed by atoms with van der Waals surface area (Å²) in [5, 5.41) is 29.0. The summed E-state index contributed by atoms with van der Waals surface area (Å²) in [6, 6.07) is 14.7. The van der Waals surface area contributed by atoms with Crippen LogP contribution in [0.3, 0.4) is 0 Å². The third-order valence-electron chi connectivity index (χ3n) is 6.05. The summed E-state index contributed by atoms with van der Waals surface area (Å²) in [5.41, 5.74) is 3.82. The van der Waals surface area contributed by atoms with Gasteiger partial charge in [0.05, 0.1) is 5.70 Å². The van der Waals surface area contributed by atoms with Crippen molar-refractivity contribution in [3.63, 3.8) is 0 Å². The van der Waals surface area contributed by atoms with Crippen molar-refractivity contribution >= 4 is 5.70 Å².